The molecule has 0 radical (unpaired) electrons. The Labute approximate surface area is 183 Å². The van der Waals surface area contributed by atoms with E-state index in [4.69, 9.17) is 4.98 Å². The molecule has 0 saturated carbocycles. The molecule has 0 bridgehead atoms. The SMILES string of the molecule is CCC[CH2][Sn]([CH2]CCC)([CH2]CCC)[c]1cc(C=Cc2ccc(CC)cc2)ccn1. The van der Waals surface area contributed by atoms with Crippen LogP contribution in [0.15, 0.2) is 42.6 Å². The van der Waals surface area contributed by atoms with Crippen LogP contribution in [0, 0.1) is 0 Å². The topological polar surface area (TPSA) is 12.9 Å². The van der Waals surface area contributed by atoms with Crippen LogP contribution in [-0.2, 0) is 6.42 Å². The third-order valence-electron chi connectivity index (χ3n) is 6.21. The predicted molar refractivity (Wildman–Crippen MR) is 134 cm³/mol. The van der Waals surface area contributed by atoms with E-state index in [0.717, 1.165) is 6.42 Å². The number of nitrogens with zero attached hydrogens (tertiary/aromatic N) is 1. The van der Waals surface area contributed by atoms with Gasteiger partial charge in [0.25, 0.3) is 0 Å². The van der Waals surface area contributed by atoms with Crippen LogP contribution >= 0.6 is 0 Å². The molecular weight excluding hydrogens is 457 g/mol. The number of hydrogen-bond donors (Lipinski definition) is 0. The van der Waals surface area contributed by atoms with E-state index in [1.54, 1.807) is 0 Å². The van der Waals surface area contributed by atoms with Gasteiger partial charge in [-0.05, 0) is 0 Å². The van der Waals surface area contributed by atoms with Crippen molar-refractivity contribution in [3.63, 3.8) is 0 Å². The minimum atomic E-state index is -2.44. The Morgan fingerprint density at radius 3 is 1.79 bits per heavy atom. The predicted octanol–water partition coefficient (Wildman–Crippen LogP) is 7.87. The van der Waals surface area contributed by atoms with E-state index in [1.807, 2.05) is 0 Å². The van der Waals surface area contributed by atoms with E-state index in [0.29, 0.717) is 0 Å². The number of unbranched alkanes of at least 4 members (excludes halogenated alkanes) is 3. The van der Waals surface area contributed by atoms with Crippen LogP contribution in [-0.4, -0.2) is 23.4 Å². The fourth-order valence-electron chi connectivity index (χ4n) is 4.20. The van der Waals surface area contributed by atoms with Crippen LogP contribution in [0.1, 0.15) is 82.9 Å². The maximum atomic E-state index is 5.01. The van der Waals surface area contributed by atoms with Gasteiger partial charge in [0, 0.05) is 0 Å². The van der Waals surface area contributed by atoms with E-state index in [-0.39, 0.29) is 0 Å². The Morgan fingerprint density at radius 2 is 1.28 bits per heavy atom. The van der Waals surface area contributed by atoms with Crippen molar-refractivity contribution in [2.24, 2.45) is 0 Å². The van der Waals surface area contributed by atoms with Crippen molar-refractivity contribution in [1.82, 2.24) is 4.98 Å². The molecule has 0 saturated heterocycles. The first kappa shape index (κ1) is 24.2. The number of aryl methyl sites for hydroxylation is 1. The molecule has 2 rings (SSSR count). The Balaban J connectivity index is 2.29. The van der Waals surface area contributed by atoms with E-state index < -0.39 is 18.4 Å². The quantitative estimate of drug-likeness (QED) is 0.256. The average molecular weight is 498 g/mol. The summed E-state index contributed by atoms with van der Waals surface area (Å²) in [5.41, 5.74) is 3.99. The molecule has 0 atom stereocenters. The van der Waals surface area contributed by atoms with Gasteiger partial charge in [-0.2, -0.15) is 0 Å². The first-order valence-electron chi connectivity index (χ1n) is 11.9. The van der Waals surface area contributed by atoms with Crippen LogP contribution < -0.4 is 3.71 Å². The zero-order chi connectivity index (χ0) is 21.0. The molecule has 0 amide bonds. The van der Waals surface area contributed by atoms with Crippen LogP contribution in [0.3, 0.4) is 0 Å². The molecule has 2 heteroatoms. The first-order chi connectivity index (χ1) is 14.2. The molecule has 0 aliphatic heterocycles. The molecule has 0 unspecified atom stereocenters. The molecule has 1 aromatic carbocycles. The van der Waals surface area contributed by atoms with Crippen molar-refractivity contribution < 1.29 is 0 Å². The third kappa shape index (κ3) is 7.59. The van der Waals surface area contributed by atoms with Crippen LogP contribution in [0.4, 0.5) is 0 Å². The van der Waals surface area contributed by atoms with Crippen LogP contribution in [0.25, 0.3) is 12.2 Å². The summed E-state index contributed by atoms with van der Waals surface area (Å²) in [6, 6.07) is 13.6. The first-order valence-corrected chi connectivity index (χ1v) is 19.4. The van der Waals surface area contributed by atoms with Crippen molar-refractivity contribution in [3.8, 4) is 0 Å². The Bertz CT molecular complexity index is 711. The molecule has 0 fully saturated rings. The normalized spacial score (nSPS) is 12.0. The van der Waals surface area contributed by atoms with E-state index in [1.165, 1.54) is 72.2 Å². The number of rotatable bonds is 13. The summed E-state index contributed by atoms with van der Waals surface area (Å²) in [5.74, 6) is 0. The fourth-order valence-corrected chi connectivity index (χ4v) is 19.7. The molecule has 2 aromatic rings. The average Bonchev–Trinajstić information content (AvgIpc) is 2.78. The maximum absolute atomic E-state index is 5.01. The molecule has 29 heavy (non-hydrogen) atoms. The number of pyridine rings is 1. The molecular formula is C27H41NSn. The molecule has 1 aromatic heterocycles. The van der Waals surface area contributed by atoms with Gasteiger partial charge in [0.15, 0.2) is 0 Å². The van der Waals surface area contributed by atoms with Crippen molar-refractivity contribution in [2.45, 2.75) is 86.0 Å². The number of benzene rings is 1. The minimum absolute atomic E-state index is 1.10. The summed E-state index contributed by atoms with van der Waals surface area (Å²) in [5, 5.41) is 0. The molecule has 0 aliphatic carbocycles. The Hall–Kier alpha value is -1.09. The van der Waals surface area contributed by atoms with E-state index in [9.17, 15) is 0 Å². The van der Waals surface area contributed by atoms with Crippen LogP contribution in [0.2, 0.25) is 13.3 Å². The van der Waals surface area contributed by atoms with Gasteiger partial charge in [-0.15, -0.1) is 0 Å². The molecule has 0 N–H and O–H groups in total. The second-order valence-electron chi connectivity index (χ2n) is 8.49. The standard InChI is InChI=1S/C15H14N.3C4H9.Sn/c1-2-13-3-5-14(6-4-13)7-8-15-9-11-16-12-10-15;3*1-3-4-2;/h3-11H,2H2,1H3;3*1,3-4H2,2H3;. The molecule has 0 spiro atoms. The van der Waals surface area contributed by atoms with Crippen molar-refractivity contribution in [3.05, 3.63) is 59.3 Å². The molecule has 0 aliphatic rings. The van der Waals surface area contributed by atoms with Crippen molar-refractivity contribution in [1.29, 1.82) is 0 Å². The number of aromatic nitrogens is 1. The van der Waals surface area contributed by atoms with Gasteiger partial charge in [-0.1, -0.05) is 0 Å². The van der Waals surface area contributed by atoms with Gasteiger partial charge in [0.1, 0.15) is 0 Å². The molecule has 158 valence electrons. The van der Waals surface area contributed by atoms with Gasteiger partial charge in [0.05, 0.1) is 0 Å². The summed E-state index contributed by atoms with van der Waals surface area (Å²) in [4.78, 5) is 5.01. The summed E-state index contributed by atoms with van der Waals surface area (Å²) in [7, 11) is 0. The van der Waals surface area contributed by atoms with E-state index in [2.05, 4.69) is 82.4 Å². The summed E-state index contributed by atoms with van der Waals surface area (Å²) >= 11 is -2.44. The van der Waals surface area contributed by atoms with Gasteiger partial charge in [-0.3, -0.25) is 0 Å². The molecule has 1 heterocycles. The van der Waals surface area contributed by atoms with Gasteiger partial charge < -0.3 is 0 Å². The van der Waals surface area contributed by atoms with Crippen molar-refractivity contribution >= 4 is 34.2 Å². The third-order valence-corrected chi connectivity index (χ3v) is 21.3. The Morgan fingerprint density at radius 1 is 0.724 bits per heavy atom. The van der Waals surface area contributed by atoms with Crippen LogP contribution in [0.5, 0.6) is 0 Å². The summed E-state index contributed by atoms with van der Waals surface area (Å²) in [6.45, 7) is 9.23. The number of hydrogen-bond acceptors (Lipinski definition) is 1. The van der Waals surface area contributed by atoms with Crippen molar-refractivity contribution in [2.75, 3.05) is 0 Å². The second kappa shape index (κ2) is 13.3. The van der Waals surface area contributed by atoms with Gasteiger partial charge >= 0.3 is 184 Å². The Kier molecular flexibility index (Phi) is 11.1. The van der Waals surface area contributed by atoms with E-state index >= 15 is 0 Å². The zero-order valence-corrected chi connectivity index (χ0v) is 22.1. The summed E-state index contributed by atoms with van der Waals surface area (Å²) < 4.78 is 5.95. The van der Waals surface area contributed by atoms with Gasteiger partial charge in [0.2, 0.25) is 0 Å². The van der Waals surface area contributed by atoms with Gasteiger partial charge in [-0.25, -0.2) is 0 Å². The second-order valence-corrected chi connectivity index (χ2v) is 21.5. The summed E-state index contributed by atoms with van der Waals surface area (Å²) in [6.07, 6.45) is 15.8. The fraction of sp³-hybridized carbons (Fsp3) is 0.519. The monoisotopic (exact) mass is 499 g/mol. The molecule has 1 nitrogen and oxygen atoms in total. The zero-order valence-electron chi connectivity index (χ0n) is 19.2.